The monoisotopic (exact) mass is 437 g/mol. The summed E-state index contributed by atoms with van der Waals surface area (Å²) in [5.74, 6) is -0.0153. The summed E-state index contributed by atoms with van der Waals surface area (Å²) >= 11 is 0. The van der Waals surface area contributed by atoms with Crippen molar-refractivity contribution in [3.05, 3.63) is 53.6 Å². The van der Waals surface area contributed by atoms with E-state index < -0.39 is 12.2 Å². The maximum absolute atomic E-state index is 12.8. The second kappa shape index (κ2) is 9.40. The Labute approximate surface area is 186 Å². The van der Waals surface area contributed by atoms with Crippen LogP contribution in [0.1, 0.15) is 55.1 Å². The highest BCUT2D eigenvalue weighted by atomic mass is 16.5. The van der Waals surface area contributed by atoms with Crippen LogP contribution in [0, 0.1) is 0 Å². The predicted molar refractivity (Wildman–Crippen MR) is 120 cm³/mol. The molecule has 2 aromatic rings. The molecular weight excluding hydrogens is 410 g/mol. The highest BCUT2D eigenvalue weighted by Gasteiger charge is 2.27. The molecule has 1 saturated heterocycles. The Morgan fingerprint density at radius 2 is 2.06 bits per heavy atom. The van der Waals surface area contributed by atoms with Gasteiger partial charge in [0.2, 0.25) is 0 Å². The van der Waals surface area contributed by atoms with E-state index in [1.807, 2.05) is 26.0 Å². The van der Waals surface area contributed by atoms with Gasteiger partial charge in [0.25, 0.3) is 17.7 Å². The van der Waals surface area contributed by atoms with Crippen LogP contribution in [0.15, 0.2) is 42.5 Å². The van der Waals surface area contributed by atoms with Gasteiger partial charge < -0.3 is 25.4 Å². The molecule has 8 nitrogen and oxygen atoms in total. The highest BCUT2D eigenvalue weighted by Crippen LogP contribution is 2.33. The molecule has 3 amide bonds. The van der Waals surface area contributed by atoms with Crippen LogP contribution in [0.4, 0.5) is 11.4 Å². The molecule has 3 N–H and O–H groups in total. The maximum atomic E-state index is 12.8. The summed E-state index contributed by atoms with van der Waals surface area (Å²) in [6, 6.07) is 12.0. The Balaban J connectivity index is 1.42. The van der Waals surface area contributed by atoms with Gasteiger partial charge in [0.15, 0.2) is 6.10 Å². The first-order valence-corrected chi connectivity index (χ1v) is 10.9. The molecule has 0 aliphatic carbocycles. The highest BCUT2D eigenvalue weighted by molar-refractivity contribution is 5.99. The van der Waals surface area contributed by atoms with E-state index in [0.717, 1.165) is 12.0 Å². The largest absolute Gasteiger partial charge is 0.478 e. The van der Waals surface area contributed by atoms with Crippen LogP contribution in [0.5, 0.6) is 5.75 Å². The molecular formula is C24H27N3O5. The zero-order valence-corrected chi connectivity index (χ0v) is 18.1. The number of ether oxygens (including phenoxy) is 2. The van der Waals surface area contributed by atoms with Crippen LogP contribution < -0.4 is 20.7 Å². The minimum Gasteiger partial charge on any atom is -0.478 e. The van der Waals surface area contributed by atoms with Crippen LogP contribution in [-0.4, -0.2) is 36.5 Å². The molecule has 0 bridgehead atoms. The number of benzene rings is 2. The number of carbonyl (C=O) groups is 3. The number of nitrogens with one attached hydrogen (secondary N) is 3. The summed E-state index contributed by atoms with van der Waals surface area (Å²) in [6.07, 6.45) is 1.20. The Bertz CT molecular complexity index is 1030. The molecule has 0 unspecified atom stereocenters. The molecule has 0 spiro atoms. The Morgan fingerprint density at radius 1 is 1.22 bits per heavy atom. The van der Waals surface area contributed by atoms with Crippen molar-refractivity contribution in [3.8, 4) is 5.75 Å². The molecule has 2 aliphatic heterocycles. The fraction of sp³-hybridized carbons (Fsp3) is 0.375. The molecule has 2 aromatic carbocycles. The Morgan fingerprint density at radius 3 is 2.81 bits per heavy atom. The lowest BCUT2D eigenvalue weighted by atomic mass is 10.0. The molecule has 8 heteroatoms. The normalized spacial score (nSPS) is 20.5. The maximum Gasteiger partial charge on any atom is 0.265 e. The van der Waals surface area contributed by atoms with Gasteiger partial charge in [-0.15, -0.1) is 0 Å². The van der Waals surface area contributed by atoms with E-state index in [0.29, 0.717) is 42.1 Å². The van der Waals surface area contributed by atoms with Gasteiger partial charge in [-0.1, -0.05) is 19.1 Å². The van der Waals surface area contributed by atoms with Crippen molar-refractivity contribution in [2.75, 3.05) is 17.2 Å². The summed E-state index contributed by atoms with van der Waals surface area (Å²) in [5, 5.41) is 8.63. The number of amides is 3. The average Bonchev–Trinajstić information content (AvgIpc) is 3.33. The number of hydrogen-bond acceptors (Lipinski definition) is 5. The molecule has 1 fully saturated rings. The van der Waals surface area contributed by atoms with Gasteiger partial charge in [-0.25, -0.2) is 0 Å². The van der Waals surface area contributed by atoms with E-state index in [1.165, 1.54) is 0 Å². The van der Waals surface area contributed by atoms with Crippen molar-refractivity contribution >= 4 is 29.1 Å². The van der Waals surface area contributed by atoms with Crippen LogP contribution in [0.3, 0.4) is 0 Å². The average molecular weight is 437 g/mol. The van der Waals surface area contributed by atoms with Gasteiger partial charge in [0, 0.05) is 17.9 Å². The van der Waals surface area contributed by atoms with Crippen LogP contribution in [0.2, 0.25) is 0 Å². The van der Waals surface area contributed by atoms with Gasteiger partial charge in [-0.05, 0) is 62.1 Å². The molecule has 0 aromatic heterocycles. The molecule has 168 valence electrons. The summed E-state index contributed by atoms with van der Waals surface area (Å²) < 4.78 is 11.2. The number of rotatable bonds is 6. The first-order chi connectivity index (χ1) is 15.4. The third-order valence-electron chi connectivity index (χ3n) is 5.66. The first-order valence-electron chi connectivity index (χ1n) is 10.9. The van der Waals surface area contributed by atoms with E-state index in [9.17, 15) is 14.4 Å². The molecule has 2 heterocycles. The molecule has 0 radical (unpaired) electrons. The van der Waals surface area contributed by atoms with E-state index in [1.54, 1.807) is 30.3 Å². The fourth-order valence-corrected chi connectivity index (χ4v) is 3.81. The van der Waals surface area contributed by atoms with Crippen LogP contribution in [0.25, 0.3) is 0 Å². The Hall–Kier alpha value is -3.39. The molecule has 3 atom stereocenters. The zero-order valence-electron chi connectivity index (χ0n) is 18.1. The number of carbonyl (C=O) groups excluding carboxylic acids is 3. The van der Waals surface area contributed by atoms with Gasteiger partial charge in [-0.3, -0.25) is 14.4 Å². The molecule has 4 rings (SSSR count). The second-order valence-corrected chi connectivity index (χ2v) is 8.03. The minimum absolute atomic E-state index is 0.152. The van der Waals surface area contributed by atoms with E-state index in [-0.39, 0.29) is 23.8 Å². The van der Waals surface area contributed by atoms with Gasteiger partial charge >= 0.3 is 0 Å². The fourth-order valence-electron chi connectivity index (χ4n) is 3.81. The van der Waals surface area contributed by atoms with Crippen molar-refractivity contribution in [1.29, 1.82) is 0 Å². The van der Waals surface area contributed by atoms with Gasteiger partial charge in [0.1, 0.15) is 11.9 Å². The summed E-state index contributed by atoms with van der Waals surface area (Å²) in [5.41, 5.74) is 2.46. The summed E-state index contributed by atoms with van der Waals surface area (Å²) in [7, 11) is 0. The minimum atomic E-state index is -0.518. The third kappa shape index (κ3) is 4.75. The molecule has 0 saturated carbocycles. The van der Waals surface area contributed by atoms with Crippen molar-refractivity contribution < 1.29 is 23.9 Å². The van der Waals surface area contributed by atoms with E-state index in [2.05, 4.69) is 16.0 Å². The SMILES string of the molecule is CC[C@@H]1Oc2cc([C@@H](C)NC(=O)c3cccc(NC(=O)[C@H]4CCCO4)c3)ccc2NC1=O. The number of hydrogen-bond donors (Lipinski definition) is 3. The third-order valence-corrected chi connectivity index (χ3v) is 5.66. The standard InChI is InChI=1S/C24H27N3O5/c1-3-19-23(29)27-18-10-9-15(13-21(18)32-19)14(2)25-22(28)16-6-4-7-17(12-16)26-24(30)20-8-5-11-31-20/h4,6-7,9-10,12-14,19-20H,3,5,8,11H2,1-2H3,(H,25,28)(H,26,30)(H,27,29)/t14-,19+,20-/m1/s1. The summed E-state index contributed by atoms with van der Waals surface area (Å²) in [6.45, 7) is 4.36. The first kappa shape index (κ1) is 21.8. The van der Waals surface area contributed by atoms with Gasteiger partial charge in [-0.2, -0.15) is 0 Å². The van der Waals surface area contributed by atoms with Crippen molar-refractivity contribution in [2.24, 2.45) is 0 Å². The second-order valence-electron chi connectivity index (χ2n) is 8.03. The van der Waals surface area contributed by atoms with Crippen molar-refractivity contribution in [1.82, 2.24) is 5.32 Å². The lowest BCUT2D eigenvalue weighted by molar-refractivity contribution is -0.125. The lowest BCUT2D eigenvalue weighted by Crippen LogP contribution is -2.36. The van der Waals surface area contributed by atoms with E-state index in [4.69, 9.17) is 9.47 Å². The smallest absolute Gasteiger partial charge is 0.265 e. The quantitative estimate of drug-likeness (QED) is 0.642. The van der Waals surface area contributed by atoms with E-state index >= 15 is 0 Å². The van der Waals surface area contributed by atoms with Crippen molar-refractivity contribution in [2.45, 2.75) is 51.4 Å². The van der Waals surface area contributed by atoms with Crippen LogP contribution in [-0.2, 0) is 14.3 Å². The van der Waals surface area contributed by atoms with Crippen molar-refractivity contribution in [3.63, 3.8) is 0 Å². The topological polar surface area (TPSA) is 106 Å². The zero-order chi connectivity index (χ0) is 22.7. The number of anilines is 2. The lowest BCUT2D eigenvalue weighted by Gasteiger charge is -2.26. The Kier molecular flexibility index (Phi) is 6.41. The molecule has 2 aliphatic rings. The summed E-state index contributed by atoms with van der Waals surface area (Å²) in [4.78, 5) is 37.0. The molecule has 32 heavy (non-hydrogen) atoms. The van der Waals surface area contributed by atoms with Crippen LogP contribution >= 0.6 is 0 Å². The predicted octanol–water partition coefficient (Wildman–Crippen LogP) is 3.40. The number of fused-ring (bicyclic) bond motifs is 1. The van der Waals surface area contributed by atoms with Gasteiger partial charge in [0.05, 0.1) is 11.7 Å².